The summed E-state index contributed by atoms with van der Waals surface area (Å²) in [6.07, 6.45) is 5.25. The van der Waals surface area contributed by atoms with Crippen molar-refractivity contribution in [1.82, 2.24) is 0 Å². The molecule has 96 valence electrons. The van der Waals surface area contributed by atoms with Crippen molar-refractivity contribution in [2.45, 2.75) is 37.9 Å². The molecule has 8 rings (SSSR count). The smallest absolute Gasteiger partial charge is 0.0642 e. The third-order valence-corrected chi connectivity index (χ3v) is 7.78. The quantitative estimate of drug-likeness (QED) is 0.635. The molecule has 2 heteroatoms. The Labute approximate surface area is 107 Å². The fraction of sp³-hybridized carbons (Fsp3) is 0.875. The van der Waals surface area contributed by atoms with E-state index >= 15 is 0 Å². The minimum Gasteiger partial charge on any atom is -0.392 e. The molecule has 0 aromatic heterocycles. The van der Waals surface area contributed by atoms with E-state index in [4.69, 9.17) is 0 Å². The maximum absolute atomic E-state index is 10.4. The van der Waals surface area contributed by atoms with Gasteiger partial charge in [0.15, 0.2) is 0 Å². The van der Waals surface area contributed by atoms with Gasteiger partial charge in [0.05, 0.1) is 12.2 Å². The van der Waals surface area contributed by atoms with E-state index in [2.05, 4.69) is 0 Å². The molecule has 8 fully saturated rings. The Bertz CT molecular complexity index is 447. The molecule has 0 radical (unpaired) electrons. The molecule has 2 nitrogen and oxygen atoms in total. The Kier molecular flexibility index (Phi) is 1.38. The molecule has 0 saturated heterocycles. The lowest BCUT2D eigenvalue weighted by Crippen LogP contribution is -2.19. The molecule has 8 saturated carbocycles. The number of hydrogen-bond acceptors (Lipinski definition) is 2. The molecule has 2 N–H and O–H groups in total. The Hall–Kier alpha value is -0.340. The molecular formula is C16H20O2. The van der Waals surface area contributed by atoms with Crippen LogP contribution in [0, 0.1) is 47.3 Å². The third-order valence-electron chi connectivity index (χ3n) is 7.78. The first kappa shape index (κ1) is 9.55. The van der Waals surface area contributed by atoms with Crippen LogP contribution in [-0.4, -0.2) is 22.4 Å². The van der Waals surface area contributed by atoms with Gasteiger partial charge in [0.2, 0.25) is 0 Å². The number of aliphatic hydroxyl groups is 2. The molecule has 0 aromatic rings. The van der Waals surface area contributed by atoms with Crippen molar-refractivity contribution in [3.05, 3.63) is 11.1 Å². The van der Waals surface area contributed by atoms with Gasteiger partial charge in [-0.2, -0.15) is 0 Å². The van der Waals surface area contributed by atoms with Crippen molar-refractivity contribution in [1.29, 1.82) is 0 Å². The molecular weight excluding hydrogens is 224 g/mol. The molecule has 0 heterocycles. The minimum absolute atomic E-state index is 0.0234. The standard InChI is InChI=1S/C16H20O2/c17-15-9-3-5-1-7(9)13(11(5)15)14-8-2-6-4-10(8)16(18)12(6)14/h5-12,15-18H,1-4H2/b14-13+/t5-,6+,7+,8-,9-,10+,11+,12-,15-,16+. The molecule has 8 aliphatic carbocycles. The number of aliphatic hydroxyl groups excluding tert-OH is 2. The highest BCUT2D eigenvalue weighted by molar-refractivity contribution is 5.44. The zero-order valence-corrected chi connectivity index (χ0v) is 10.5. The Morgan fingerprint density at radius 2 is 1.11 bits per heavy atom. The van der Waals surface area contributed by atoms with Gasteiger partial charge in [0.25, 0.3) is 0 Å². The van der Waals surface area contributed by atoms with E-state index < -0.39 is 0 Å². The second kappa shape index (κ2) is 2.60. The van der Waals surface area contributed by atoms with Crippen LogP contribution in [0.25, 0.3) is 0 Å². The summed E-state index contributed by atoms with van der Waals surface area (Å²) in [4.78, 5) is 0. The van der Waals surface area contributed by atoms with E-state index in [-0.39, 0.29) is 12.2 Å². The van der Waals surface area contributed by atoms with Gasteiger partial charge in [0.1, 0.15) is 0 Å². The summed E-state index contributed by atoms with van der Waals surface area (Å²) >= 11 is 0. The van der Waals surface area contributed by atoms with E-state index in [0.29, 0.717) is 23.7 Å². The fourth-order valence-electron chi connectivity index (χ4n) is 7.55. The third kappa shape index (κ3) is 0.735. The van der Waals surface area contributed by atoms with Gasteiger partial charge in [-0.1, -0.05) is 11.1 Å². The Morgan fingerprint density at radius 1 is 0.667 bits per heavy atom. The lowest BCUT2D eigenvalue weighted by molar-refractivity contribution is 0.102. The average molecular weight is 244 g/mol. The normalized spacial score (nSPS) is 73.7. The fourth-order valence-corrected chi connectivity index (χ4v) is 7.55. The minimum atomic E-state index is -0.0234. The second-order valence-corrected chi connectivity index (χ2v) is 7.95. The molecule has 10 atom stereocenters. The SMILES string of the molecule is O[C@@H]1[C@@H]2C[C@H]3C[C@@H]2/C(=C2\[C@H]4[C@@H]5C[C@H]([C@@H]4O)[C@H]2C5)[C@H]31. The highest BCUT2D eigenvalue weighted by atomic mass is 16.3. The highest BCUT2D eigenvalue weighted by Gasteiger charge is 2.68. The highest BCUT2D eigenvalue weighted by Crippen LogP contribution is 2.73. The lowest BCUT2D eigenvalue weighted by atomic mass is 9.83. The topological polar surface area (TPSA) is 40.5 Å². The van der Waals surface area contributed by atoms with Crippen LogP contribution in [0.15, 0.2) is 11.1 Å². The van der Waals surface area contributed by atoms with E-state index in [1.807, 2.05) is 0 Å². The molecule has 0 aliphatic heterocycles. The van der Waals surface area contributed by atoms with Crippen LogP contribution in [-0.2, 0) is 0 Å². The predicted octanol–water partition coefficient (Wildman–Crippen LogP) is 1.58. The van der Waals surface area contributed by atoms with Gasteiger partial charge < -0.3 is 10.2 Å². The summed E-state index contributed by atoms with van der Waals surface area (Å²) in [5.41, 5.74) is 3.37. The van der Waals surface area contributed by atoms with Gasteiger partial charge in [-0.25, -0.2) is 0 Å². The second-order valence-electron chi connectivity index (χ2n) is 7.95. The summed E-state index contributed by atoms with van der Waals surface area (Å²) in [7, 11) is 0. The van der Waals surface area contributed by atoms with E-state index in [1.165, 1.54) is 25.7 Å². The molecule has 0 aromatic carbocycles. The summed E-state index contributed by atoms with van der Waals surface area (Å²) < 4.78 is 0. The molecule has 8 aliphatic rings. The zero-order valence-electron chi connectivity index (χ0n) is 10.5. The first-order chi connectivity index (χ1) is 8.75. The van der Waals surface area contributed by atoms with E-state index in [1.54, 1.807) is 11.1 Å². The largest absolute Gasteiger partial charge is 0.392 e. The molecule has 0 spiro atoms. The average Bonchev–Trinajstić information content (AvgIpc) is 3.13. The molecule has 8 bridgehead atoms. The van der Waals surface area contributed by atoms with Crippen molar-refractivity contribution in [3.8, 4) is 0 Å². The summed E-state index contributed by atoms with van der Waals surface area (Å²) in [6.45, 7) is 0. The van der Waals surface area contributed by atoms with Crippen LogP contribution < -0.4 is 0 Å². The van der Waals surface area contributed by atoms with Crippen LogP contribution >= 0.6 is 0 Å². The monoisotopic (exact) mass is 244 g/mol. The number of rotatable bonds is 0. The molecule has 0 unspecified atom stereocenters. The number of hydrogen-bond donors (Lipinski definition) is 2. The van der Waals surface area contributed by atoms with E-state index in [0.717, 1.165) is 23.7 Å². The first-order valence-electron chi connectivity index (χ1n) is 7.85. The van der Waals surface area contributed by atoms with E-state index in [9.17, 15) is 10.2 Å². The zero-order chi connectivity index (χ0) is 11.8. The van der Waals surface area contributed by atoms with Crippen molar-refractivity contribution in [3.63, 3.8) is 0 Å². The van der Waals surface area contributed by atoms with Crippen molar-refractivity contribution in [2.75, 3.05) is 0 Å². The van der Waals surface area contributed by atoms with Gasteiger partial charge in [-0.15, -0.1) is 0 Å². The van der Waals surface area contributed by atoms with Crippen LogP contribution in [0.1, 0.15) is 25.7 Å². The van der Waals surface area contributed by atoms with Crippen molar-refractivity contribution >= 4 is 0 Å². The van der Waals surface area contributed by atoms with Gasteiger partial charge in [0, 0.05) is 11.8 Å². The first-order valence-corrected chi connectivity index (χ1v) is 7.85. The van der Waals surface area contributed by atoms with Gasteiger partial charge in [-0.05, 0) is 61.2 Å². The van der Waals surface area contributed by atoms with Crippen LogP contribution in [0.4, 0.5) is 0 Å². The summed E-state index contributed by atoms with van der Waals surface area (Å²) in [6, 6.07) is 0. The van der Waals surface area contributed by atoms with Gasteiger partial charge in [-0.3, -0.25) is 0 Å². The maximum atomic E-state index is 10.4. The molecule has 18 heavy (non-hydrogen) atoms. The van der Waals surface area contributed by atoms with Crippen LogP contribution in [0.2, 0.25) is 0 Å². The Balaban J connectivity index is 1.56. The Morgan fingerprint density at radius 3 is 1.39 bits per heavy atom. The predicted molar refractivity (Wildman–Crippen MR) is 65.4 cm³/mol. The molecule has 0 amide bonds. The summed E-state index contributed by atoms with van der Waals surface area (Å²) in [5.74, 6) is 5.25. The van der Waals surface area contributed by atoms with Crippen LogP contribution in [0.3, 0.4) is 0 Å². The van der Waals surface area contributed by atoms with Crippen molar-refractivity contribution in [2.24, 2.45) is 47.3 Å². The maximum Gasteiger partial charge on any atom is 0.0642 e. The van der Waals surface area contributed by atoms with Gasteiger partial charge >= 0.3 is 0 Å². The van der Waals surface area contributed by atoms with Crippen LogP contribution in [0.5, 0.6) is 0 Å². The van der Waals surface area contributed by atoms with Crippen molar-refractivity contribution < 1.29 is 10.2 Å². The lowest BCUT2D eigenvalue weighted by Gasteiger charge is -2.21. The summed E-state index contributed by atoms with van der Waals surface area (Å²) in [5, 5.41) is 20.8.